The topological polar surface area (TPSA) is 120 Å². The van der Waals surface area contributed by atoms with Crippen molar-refractivity contribution in [3.8, 4) is 0 Å². The van der Waals surface area contributed by atoms with Gasteiger partial charge in [0.15, 0.2) is 0 Å². The molecule has 49 heavy (non-hydrogen) atoms. The molecule has 1 heterocycles. The quantitative estimate of drug-likeness (QED) is 0.211. The highest BCUT2D eigenvalue weighted by molar-refractivity contribution is 5.90. The third-order valence-corrected chi connectivity index (χ3v) is 12.4. The standard InChI is InChI=1S/C39H63N5O5/c1-10-26(4)33(42-34(45)31-18-14-15-19-43(31)7)35(46)44(8)32(25(2)3)22-40-39-23-38(24-39,28(39)6)37(48)41-30(20-27(5)36(47)49-9)21-29-16-12-11-13-17-29/h11-13,16-17,25-28,30-33,40H,10,14-15,18-24H2,1-9H3,(H,41,48)(H,42,45)/t26-,27-,28-,30+,31+,32+,33-,38?,39?/m0/s1. The van der Waals surface area contributed by atoms with Crippen molar-refractivity contribution in [2.45, 2.75) is 123 Å². The minimum atomic E-state index is -0.578. The molecular weight excluding hydrogens is 618 g/mol. The number of carbonyl (C=O) groups is 4. The van der Waals surface area contributed by atoms with E-state index in [0.29, 0.717) is 19.4 Å². The molecule has 0 aromatic heterocycles. The minimum Gasteiger partial charge on any atom is -0.469 e. The van der Waals surface area contributed by atoms with E-state index in [1.807, 2.05) is 63.2 Å². The highest BCUT2D eigenvalue weighted by Crippen LogP contribution is 2.71. The lowest BCUT2D eigenvalue weighted by Gasteiger charge is -2.75. The minimum absolute atomic E-state index is 0.00546. The molecule has 1 aromatic rings. The Balaban J connectivity index is 1.37. The number of ether oxygens (including phenoxy) is 1. The zero-order valence-electron chi connectivity index (χ0n) is 31.5. The molecule has 274 valence electrons. The molecule has 0 unspecified atom stereocenters. The fraction of sp³-hybridized carbons (Fsp3) is 0.744. The summed E-state index contributed by atoms with van der Waals surface area (Å²) in [5.41, 5.74) is 0.547. The first kappa shape index (κ1) is 38.8. The largest absolute Gasteiger partial charge is 0.469 e. The van der Waals surface area contributed by atoms with E-state index >= 15 is 0 Å². The number of methoxy groups -OCH3 is 1. The summed E-state index contributed by atoms with van der Waals surface area (Å²) in [6.07, 6.45) is 6.38. The zero-order chi connectivity index (χ0) is 36.1. The van der Waals surface area contributed by atoms with E-state index in [0.717, 1.165) is 50.6 Å². The van der Waals surface area contributed by atoms with Gasteiger partial charge in [0.05, 0.1) is 24.5 Å². The van der Waals surface area contributed by atoms with E-state index in [9.17, 15) is 19.2 Å². The van der Waals surface area contributed by atoms with Gasteiger partial charge in [-0.05, 0) is 75.4 Å². The summed E-state index contributed by atoms with van der Waals surface area (Å²) >= 11 is 0. The van der Waals surface area contributed by atoms with Crippen molar-refractivity contribution in [1.82, 2.24) is 25.8 Å². The maximum atomic E-state index is 14.1. The van der Waals surface area contributed by atoms with Crippen LogP contribution in [0.4, 0.5) is 0 Å². The van der Waals surface area contributed by atoms with Crippen molar-refractivity contribution in [2.24, 2.45) is 29.1 Å². The van der Waals surface area contributed by atoms with Crippen LogP contribution in [-0.4, -0.2) is 97.5 Å². The number of benzene rings is 1. The second-order valence-electron chi connectivity index (χ2n) is 15.9. The number of carbonyl (C=O) groups excluding carboxylic acids is 4. The first-order valence-electron chi connectivity index (χ1n) is 18.6. The Morgan fingerprint density at radius 3 is 2.29 bits per heavy atom. The van der Waals surface area contributed by atoms with Crippen molar-refractivity contribution in [2.75, 3.05) is 34.3 Å². The molecule has 2 bridgehead atoms. The summed E-state index contributed by atoms with van der Waals surface area (Å²) in [6, 6.07) is 9.02. The van der Waals surface area contributed by atoms with Crippen LogP contribution >= 0.6 is 0 Å². The van der Waals surface area contributed by atoms with Crippen LogP contribution < -0.4 is 16.0 Å². The molecule has 3 saturated carbocycles. The Hall–Kier alpha value is -2.98. The predicted octanol–water partition coefficient (Wildman–Crippen LogP) is 4.17. The molecule has 10 nitrogen and oxygen atoms in total. The van der Waals surface area contributed by atoms with E-state index in [-0.39, 0.29) is 71.0 Å². The Kier molecular flexibility index (Phi) is 13.0. The molecule has 3 N–H and O–H groups in total. The van der Waals surface area contributed by atoms with Crippen molar-refractivity contribution in [3.05, 3.63) is 35.9 Å². The fourth-order valence-corrected chi connectivity index (χ4v) is 8.58. The first-order chi connectivity index (χ1) is 23.2. The Labute approximate surface area is 294 Å². The van der Waals surface area contributed by atoms with Crippen molar-refractivity contribution in [3.63, 3.8) is 0 Å². The molecule has 1 aromatic carbocycles. The summed E-state index contributed by atoms with van der Waals surface area (Å²) in [6.45, 7) is 13.9. The number of nitrogens with zero attached hydrogens (tertiary/aromatic N) is 2. The summed E-state index contributed by atoms with van der Waals surface area (Å²) in [7, 11) is 5.26. The highest BCUT2D eigenvalue weighted by Gasteiger charge is 2.76. The van der Waals surface area contributed by atoms with Crippen molar-refractivity contribution >= 4 is 23.7 Å². The average Bonchev–Trinajstić information content (AvgIpc) is 3.07. The lowest BCUT2D eigenvalue weighted by Crippen LogP contribution is -2.84. The second kappa shape index (κ2) is 16.4. The van der Waals surface area contributed by atoms with Gasteiger partial charge in [0.25, 0.3) is 0 Å². The van der Waals surface area contributed by atoms with Gasteiger partial charge < -0.3 is 25.6 Å². The van der Waals surface area contributed by atoms with E-state index in [1.54, 1.807) is 0 Å². The SMILES string of the molecule is CC[C@H](C)[C@H](NC(=O)[C@H]1CCCCN1C)C(=O)N(C)[C@H](CNC12CC(C(=O)N[C@@H](Cc3ccccc3)C[C@H](C)C(=O)OC)(C1)[C@@H]2C)C(C)C. The second-order valence-corrected chi connectivity index (χ2v) is 15.9. The summed E-state index contributed by atoms with van der Waals surface area (Å²) < 4.78 is 4.97. The third kappa shape index (κ3) is 8.33. The molecule has 5 rings (SSSR count). The molecule has 3 amide bonds. The Morgan fingerprint density at radius 1 is 1.04 bits per heavy atom. The number of hydrogen-bond acceptors (Lipinski definition) is 7. The molecule has 4 aliphatic rings. The predicted molar refractivity (Wildman–Crippen MR) is 192 cm³/mol. The number of rotatable bonds is 17. The van der Waals surface area contributed by atoms with Crippen LogP contribution in [0, 0.1) is 29.1 Å². The van der Waals surface area contributed by atoms with E-state index in [2.05, 4.69) is 48.5 Å². The van der Waals surface area contributed by atoms with Gasteiger partial charge in [-0.2, -0.15) is 0 Å². The van der Waals surface area contributed by atoms with Gasteiger partial charge in [0.1, 0.15) is 6.04 Å². The molecular formula is C39H63N5O5. The smallest absolute Gasteiger partial charge is 0.308 e. The van der Waals surface area contributed by atoms with E-state index in [1.165, 1.54) is 7.11 Å². The van der Waals surface area contributed by atoms with Crippen molar-refractivity contribution in [1.29, 1.82) is 0 Å². The zero-order valence-corrected chi connectivity index (χ0v) is 31.5. The maximum absolute atomic E-state index is 14.1. The number of nitrogens with one attached hydrogen (secondary N) is 3. The Morgan fingerprint density at radius 2 is 1.71 bits per heavy atom. The van der Waals surface area contributed by atoms with Crippen LogP contribution in [0.3, 0.4) is 0 Å². The van der Waals surface area contributed by atoms with Gasteiger partial charge in [0.2, 0.25) is 17.7 Å². The molecule has 10 heteroatoms. The van der Waals surface area contributed by atoms with Crippen LogP contribution in [0.1, 0.15) is 92.1 Å². The number of hydrogen-bond donors (Lipinski definition) is 3. The van der Waals surface area contributed by atoms with Gasteiger partial charge in [-0.3, -0.25) is 24.1 Å². The Bertz CT molecular complexity index is 1300. The summed E-state index contributed by atoms with van der Waals surface area (Å²) in [5.74, 6) is -0.298. The highest BCUT2D eigenvalue weighted by atomic mass is 16.5. The fourth-order valence-electron chi connectivity index (χ4n) is 8.58. The summed E-state index contributed by atoms with van der Waals surface area (Å²) in [5, 5.41) is 10.3. The van der Waals surface area contributed by atoms with Gasteiger partial charge in [-0.1, -0.05) is 84.7 Å². The van der Waals surface area contributed by atoms with Crippen LogP contribution in [0.15, 0.2) is 30.3 Å². The molecule has 7 atom stereocenters. The lowest BCUT2D eigenvalue weighted by atomic mass is 9.33. The molecule has 3 aliphatic carbocycles. The third-order valence-electron chi connectivity index (χ3n) is 12.4. The number of likely N-dealkylation sites (tertiary alicyclic amines) is 1. The molecule has 0 radical (unpaired) electrons. The van der Waals surface area contributed by atoms with Crippen LogP contribution in [0.5, 0.6) is 0 Å². The number of piperidine rings is 1. The average molecular weight is 682 g/mol. The van der Waals surface area contributed by atoms with Gasteiger partial charge in [0, 0.05) is 31.2 Å². The maximum Gasteiger partial charge on any atom is 0.308 e. The number of amides is 3. The lowest BCUT2D eigenvalue weighted by molar-refractivity contribution is -0.221. The number of esters is 1. The normalized spacial score (nSPS) is 27.8. The van der Waals surface area contributed by atoms with Crippen molar-refractivity contribution < 1.29 is 23.9 Å². The molecule has 0 spiro atoms. The number of likely N-dealkylation sites (N-methyl/N-ethyl adjacent to an activating group) is 2. The molecule has 1 aliphatic heterocycles. The van der Waals surface area contributed by atoms with Gasteiger partial charge >= 0.3 is 5.97 Å². The van der Waals surface area contributed by atoms with Gasteiger partial charge in [-0.15, -0.1) is 0 Å². The monoisotopic (exact) mass is 681 g/mol. The molecule has 1 saturated heterocycles. The van der Waals surface area contributed by atoms with Crippen LogP contribution in [0.2, 0.25) is 0 Å². The van der Waals surface area contributed by atoms with Crippen LogP contribution in [0.25, 0.3) is 0 Å². The summed E-state index contributed by atoms with van der Waals surface area (Å²) in [4.78, 5) is 57.5. The van der Waals surface area contributed by atoms with E-state index in [4.69, 9.17) is 4.74 Å². The van der Waals surface area contributed by atoms with E-state index < -0.39 is 11.5 Å². The van der Waals surface area contributed by atoms with Crippen LogP contribution in [-0.2, 0) is 30.3 Å². The van der Waals surface area contributed by atoms with Gasteiger partial charge in [-0.25, -0.2) is 0 Å². The first-order valence-corrected chi connectivity index (χ1v) is 18.6. The molecule has 4 fully saturated rings.